The maximum Gasteiger partial charge on any atom is 0.130 e. The first kappa shape index (κ1) is 9.85. The molecule has 0 heterocycles. The van der Waals surface area contributed by atoms with Crippen molar-refractivity contribution in [2.75, 3.05) is 0 Å². The van der Waals surface area contributed by atoms with Gasteiger partial charge >= 0.3 is 0 Å². The minimum absolute atomic E-state index is 0.482. The van der Waals surface area contributed by atoms with E-state index < -0.39 is 0 Å². The average molecular weight is 176 g/mol. The van der Waals surface area contributed by atoms with Gasteiger partial charge in [-0.1, -0.05) is 32.6 Å². The normalized spacial score (nSPS) is 10.2. The zero-order valence-corrected chi connectivity index (χ0v) is 8.50. The Morgan fingerprint density at radius 3 is 2.62 bits per heavy atom. The predicted octanol–water partition coefficient (Wildman–Crippen LogP) is 3.64. The molecule has 0 amide bonds. The summed E-state index contributed by atoms with van der Waals surface area (Å²) in [6.45, 7) is 9.93. The lowest BCUT2D eigenvalue weighted by Crippen LogP contribution is -1.93. The topological polar surface area (TPSA) is 9.23 Å². The molecule has 1 aromatic rings. The van der Waals surface area contributed by atoms with Crippen LogP contribution in [-0.4, -0.2) is 0 Å². The van der Waals surface area contributed by atoms with Crippen molar-refractivity contribution in [1.82, 2.24) is 0 Å². The smallest absolute Gasteiger partial charge is 0.130 e. The third kappa shape index (κ3) is 2.35. The van der Waals surface area contributed by atoms with Gasteiger partial charge in [0.05, 0.1) is 6.26 Å². The summed E-state index contributed by atoms with van der Waals surface area (Å²) in [7, 11) is 0. The van der Waals surface area contributed by atoms with E-state index in [1.807, 2.05) is 6.07 Å². The second-order valence-corrected chi connectivity index (χ2v) is 3.48. The van der Waals surface area contributed by atoms with E-state index in [0.717, 1.165) is 5.75 Å². The predicted molar refractivity (Wildman–Crippen MR) is 56.1 cm³/mol. The molecule has 0 aliphatic carbocycles. The summed E-state index contributed by atoms with van der Waals surface area (Å²) in [5, 5.41) is 0. The highest BCUT2D eigenvalue weighted by atomic mass is 16.5. The lowest BCUT2D eigenvalue weighted by Gasteiger charge is -2.11. The molecule has 0 fully saturated rings. The van der Waals surface area contributed by atoms with Gasteiger partial charge in [0.1, 0.15) is 5.75 Å². The second kappa shape index (κ2) is 4.13. The van der Waals surface area contributed by atoms with Crippen molar-refractivity contribution in [3.8, 4) is 5.75 Å². The van der Waals surface area contributed by atoms with E-state index in [2.05, 4.69) is 39.5 Å². The van der Waals surface area contributed by atoms with E-state index in [1.165, 1.54) is 17.4 Å². The first-order chi connectivity index (χ1) is 6.15. The van der Waals surface area contributed by atoms with Gasteiger partial charge in [0, 0.05) is 0 Å². The van der Waals surface area contributed by atoms with Crippen molar-refractivity contribution in [2.45, 2.75) is 26.7 Å². The zero-order valence-electron chi connectivity index (χ0n) is 8.50. The standard InChI is InChI=1S/C12H16O/c1-5-13-12-8-10(4)6-7-11(12)9(2)3/h5-9H,1H2,2-4H3. The molecule has 70 valence electrons. The van der Waals surface area contributed by atoms with E-state index in [-0.39, 0.29) is 0 Å². The van der Waals surface area contributed by atoms with Crippen LogP contribution in [0.15, 0.2) is 31.0 Å². The van der Waals surface area contributed by atoms with Crippen molar-refractivity contribution in [3.05, 3.63) is 42.2 Å². The SMILES string of the molecule is C=COc1cc(C)ccc1C(C)C. The summed E-state index contributed by atoms with van der Waals surface area (Å²) in [6, 6.07) is 6.25. The Morgan fingerprint density at radius 2 is 2.08 bits per heavy atom. The molecule has 13 heavy (non-hydrogen) atoms. The molecule has 0 aliphatic rings. The molecule has 0 unspecified atom stereocenters. The molecule has 0 radical (unpaired) electrons. The van der Waals surface area contributed by atoms with Crippen molar-refractivity contribution in [2.24, 2.45) is 0 Å². The Morgan fingerprint density at radius 1 is 1.38 bits per heavy atom. The van der Waals surface area contributed by atoms with E-state index in [9.17, 15) is 0 Å². The number of benzene rings is 1. The molecule has 0 spiro atoms. The van der Waals surface area contributed by atoms with Crippen LogP contribution >= 0.6 is 0 Å². The van der Waals surface area contributed by atoms with Crippen LogP contribution in [0, 0.1) is 6.92 Å². The molecule has 0 saturated heterocycles. The highest BCUT2D eigenvalue weighted by molar-refractivity contribution is 5.39. The summed E-state index contributed by atoms with van der Waals surface area (Å²) >= 11 is 0. The molecule has 0 N–H and O–H groups in total. The molecule has 0 aromatic heterocycles. The Balaban J connectivity index is 3.10. The van der Waals surface area contributed by atoms with E-state index in [0.29, 0.717) is 5.92 Å². The van der Waals surface area contributed by atoms with Gasteiger partial charge in [0.25, 0.3) is 0 Å². The lowest BCUT2D eigenvalue weighted by atomic mass is 10.0. The minimum atomic E-state index is 0.482. The Bertz CT molecular complexity index is 300. The van der Waals surface area contributed by atoms with Gasteiger partial charge in [-0.15, -0.1) is 0 Å². The van der Waals surface area contributed by atoms with Gasteiger partial charge in [0.2, 0.25) is 0 Å². The van der Waals surface area contributed by atoms with E-state index in [4.69, 9.17) is 4.74 Å². The molecule has 0 saturated carbocycles. The first-order valence-electron chi connectivity index (χ1n) is 4.53. The third-order valence-electron chi connectivity index (χ3n) is 2.00. The highest BCUT2D eigenvalue weighted by Crippen LogP contribution is 2.27. The Labute approximate surface area is 80.0 Å². The quantitative estimate of drug-likeness (QED) is 0.639. The largest absolute Gasteiger partial charge is 0.465 e. The maximum atomic E-state index is 5.34. The molecule has 1 aromatic carbocycles. The van der Waals surface area contributed by atoms with Crippen LogP contribution in [0.2, 0.25) is 0 Å². The number of hydrogen-bond donors (Lipinski definition) is 0. The van der Waals surface area contributed by atoms with Crippen LogP contribution in [-0.2, 0) is 0 Å². The molecule has 0 bridgehead atoms. The molecule has 1 heteroatoms. The summed E-state index contributed by atoms with van der Waals surface area (Å²) in [4.78, 5) is 0. The lowest BCUT2D eigenvalue weighted by molar-refractivity contribution is 0.473. The van der Waals surface area contributed by atoms with Crippen LogP contribution in [0.3, 0.4) is 0 Å². The monoisotopic (exact) mass is 176 g/mol. The number of aryl methyl sites for hydroxylation is 1. The number of ether oxygens (including phenoxy) is 1. The molecule has 1 nitrogen and oxygen atoms in total. The van der Waals surface area contributed by atoms with Crippen LogP contribution in [0.5, 0.6) is 5.75 Å². The van der Waals surface area contributed by atoms with Crippen LogP contribution in [0.25, 0.3) is 0 Å². The summed E-state index contributed by atoms with van der Waals surface area (Å²) in [5.74, 6) is 1.40. The van der Waals surface area contributed by atoms with Crippen LogP contribution in [0.1, 0.15) is 30.9 Å². The Kier molecular flexibility index (Phi) is 3.13. The van der Waals surface area contributed by atoms with Gasteiger partial charge in [-0.3, -0.25) is 0 Å². The third-order valence-corrected chi connectivity index (χ3v) is 2.00. The number of hydrogen-bond acceptors (Lipinski definition) is 1. The first-order valence-corrected chi connectivity index (χ1v) is 4.53. The van der Waals surface area contributed by atoms with Crippen molar-refractivity contribution in [3.63, 3.8) is 0 Å². The van der Waals surface area contributed by atoms with Gasteiger partial charge in [0.15, 0.2) is 0 Å². The number of rotatable bonds is 3. The maximum absolute atomic E-state index is 5.34. The molecule has 0 aliphatic heterocycles. The van der Waals surface area contributed by atoms with E-state index in [1.54, 1.807) is 0 Å². The second-order valence-electron chi connectivity index (χ2n) is 3.48. The van der Waals surface area contributed by atoms with Crippen molar-refractivity contribution in [1.29, 1.82) is 0 Å². The minimum Gasteiger partial charge on any atom is -0.465 e. The van der Waals surface area contributed by atoms with Crippen LogP contribution < -0.4 is 4.74 Å². The van der Waals surface area contributed by atoms with Crippen molar-refractivity contribution < 1.29 is 4.74 Å². The fraction of sp³-hybridized carbons (Fsp3) is 0.333. The summed E-state index contributed by atoms with van der Waals surface area (Å²) in [5.41, 5.74) is 2.44. The van der Waals surface area contributed by atoms with Gasteiger partial charge < -0.3 is 4.74 Å². The molecule has 1 rings (SSSR count). The molecule has 0 atom stereocenters. The van der Waals surface area contributed by atoms with Crippen molar-refractivity contribution >= 4 is 0 Å². The van der Waals surface area contributed by atoms with Gasteiger partial charge in [-0.05, 0) is 30.0 Å². The molecular formula is C12H16O. The summed E-state index contributed by atoms with van der Waals surface area (Å²) in [6.07, 6.45) is 1.47. The van der Waals surface area contributed by atoms with E-state index >= 15 is 0 Å². The highest BCUT2D eigenvalue weighted by Gasteiger charge is 2.06. The van der Waals surface area contributed by atoms with Crippen LogP contribution in [0.4, 0.5) is 0 Å². The Hall–Kier alpha value is -1.24. The van der Waals surface area contributed by atoms with Gasteiger partial charge in [-0.25, -0.2) is 0 Å². The fourth-order valence-electron chi connectivity index (χ4n) is 1.31. The zero-order chi connectivity index (χ0) is 9.84. The molecular weight excluding hydrogens is 160 g/mol. The fourth-order valence-corrected chi connectivity index (χ4v) is 1.31. The van der Waals surface area contributed by atoms with Gasteiger partial charge in [-0.2, -0.15) is 0 Å². The average Bonchev–Trinajstić information content (AvgIpc) is 2.04. The summed E-state index contributed by atoms with van der Waals surface area (Å²) < 4.78 is 5.34.